The number of hydrogen-bond acceptors (Lipinski definition) is 2. The van der Waals surface area contributed by atoms with Gasteiger partial charge in [-0.05, 0) is 51.6 Å². The van der Waals surface area contributed by atoms with E-state index >= 15 is 0 Å². The Balaban J connectivity index is 1.74. The Kier molecular flexibility index (Phi) is 5.30. The molecule has 2 nitrogen and oxygen atoms in total. The minimum absolute atomic E-state index is 0.733. The van der Waals surface area contributed by atoms with Gasteiger partial charge in [-0.3, -0.25) is 0 Å². The molecule has 1 saturated carbocycles. The first-order valence-corrected chi connectivity index (χ1v) is 7.78. The van der Waals surface area contributed by atoms with Crippen LogP contribution in [0.25, 0.3) is 0 Å². The van der Waals surface area contributed by atoms with Gasteiger partial charge in [-0.1, -0.05) is 26.2 Å². The molecule has 0 aromatic heterocycles. The van der Waals surface area contributed by atoms with Gasteiger partial charge in [0.25, 0.3) is 0 Å². The zero-order valence-corrected chi connectivity index (χ0v) is 11.8. The molecule has 2 fully saturated rings. The highest BCUT2D eigenvalue weighted by Crippen LogP contribution is 2.27. The van der Waals surface area contributed by atoms with Gasteiger partial charge in [0.2, 0.25) is 0 Å². The number of hydrogen-bond donors (Lipinski definition) is 1. The van der Waals surface area contributed by atoms with Gasteiger partial charge in [0, 0.05) is 18.6 Å². The topological polar surface area (TPSA) is 15.3 Å². The van der Waals surface area contributed by atoms with E-state index in [0.29, 0.717) is 0 Å². The summed E-state index contributed by atoms with van der Waals surface area (Å²) in [7, 11) is 0. The van der Waals surface area contributed by atoms with Crippen molar-refractivity contribution in [3.8, 4) is 0 Å². The molecule has 0 amide bonds. The molecule has 2 unspecified atom stereocenters. The predicted octanol–water partition coefficient (Wildman–Crippen LogP) is 3.03. The lowest BCUT2D eigenvalue weighted by Gasteiger charge is -2.37. The summed E-state index contributed by atoms with van der Waals surface area (Å²) >= 11 is 0. The lowest BCUT2D eigenvalue weighted by Crippen LogP contribution is -2.50. The molecule has 0 radical (unpaired) electrons. The maximum absolute atomic E-state index is 3.91. The Hall–Kier alpha value is -0.0800. The molecule has 0 aromatic carbocycles. The van der Waals surface area contributed by atoms with Crippen LogP contribution in [-0.2, 0) is 0 Å². The van der Waals surface area contributed by atoms with E-state index in [1.54, 1.807) is 0 Å². The number of rotatable bonds is 4. The van der Waals surface area contributed by atoms with Crippen molar-refractivity contribution in [2.45, 2.75) is 70.9 Å². The van der Waals surface area contributed by atoms with E-state index in [2.05, 4.69) is 24.1 Å². The second-order valence-corrected chi connectivity index (χ2v) is 6.09. The molecule has 100 valence electrons. The molecular weight excluding hydrogens is 208 g/mol. The first-order valence-electron chi connectivity index (χ1n) is 7.78. The predicted molar refractivity (Wildman–Crippen MR) is 74.3 cm³/mol. The van der Waals surface area contributed by atoms with Crippen LogP contribution in [0.5, 0.6) is 0 Å². The van der Waals surface area contributed by atoms with Crippen LogP contribution in [0.2, 0.25) is 0 Å². The third-order valence-corrected chi connectivity index (χ3v) is 4.81. The van der Waals surface area contributed by atoms with Crippen LogP contribution in [-0.4, -0.2) is 36.6 Å². The number of piperidine rings is 1. The lowest BCUT2D eigenvalue weighted by molar-refractivity contribution is 0.173. The Morgan fingerprint density at radius 1 is 1.12 bits per heavy atom. The van der Waals surface area contributed by atoms with Gasteiger partial charge in [-0.15, -0.1) is 0 Å². The summed E-state index contributed by atoms with van der Waals surface area (Å²) in [5.41, 5.74) is 0. The average Bonchev–Trinajstić information content (AvgIpc) is 2.40. The Bertz CT molecular complexity index is 211. The van der Waals surface area contributed by atoms with Crippen LogP contribution < -0.4 is 5.32 Å². The van der Waals surface area contributed by atoms with Crippen molar-refractivity contribution in [1.29, 1.82) is 0 Å². The Morgan fingerprint density at radius 2 is 1.88 bits per heavy atom. The molecule has 2 heteroatoms. The van der Waals surface area contributed by atoms with Crippen molar-refractivity contribution in [1.82, 2.24) is 10.2 Å². The van der Waals surface area contributed by atoms with Gasteiger partial charge in [0.05, 0.1) is 0 Å². The SMILES string of the molecule is CCN1CCCC(NC(C)C2CCCCC2)C1. The van der Waals surface area contributed by atoms with Crippen LogP contribution in [0.3, 0.4) is 0 Å². The van der Waals surface area contributed by atoms with Crippen LogP contribution in [0.15, 0.2) is 0 Å². The minimum Gasteiger partial charge on any atom is -0.310 e. The van der Waals surface area contributed by atoms with Gasteiger partial charge in [-0.2, -0.15) is 0 Å². The highest BCUT2D eigenvalue weighted by atomic mass is 15.2. The van der Waals surface area contributed by atoms with Gasteiger partial charge in [0.1, 0.15) is 0 Å². The van der Waals surface area contributed by atoms with E-state index in [9.17, 15) is 0 Å². The Labute approximate surface area is 107 Å². The van der Waals surface area contributed by atoms with E-state index in [1.165, 1.54) is 64.6 Å². The van der Waals surface area contributed by atoms with Crippen LogP contribution in [0.4, 0.5) is 0 Å². The first kappa shape index (κ1) is 13.4. The molecule has 2 rings (SSSR count). The van der Waals surface area contributed by atoms with E-state index < -0.39 is 0 Å². The summed E-state index contributed by atoms with van der Waals surface area (Å²) in [5, 5.41) is 3.91. The maximum atomic E-state index is 3.91. The summed E-state index contributed by atoms with van der Waals surface area (Å²) in [6.07, 6.45) is 10.1. The molecule has 1 aliphatic carbocycles. The number of nitrogens with zero attached hydrogens (tertiary/aromatic N) is 1. The summed E-state index contributed by atoms with van der Waals surface area (Å²) in [4.78, 5) is 2.59. The molecule has 2 atom stereocenters. The molecular formula is C15H30N2. The fraction of sp³-hybridized carbons (Fsp3) is 1.00. The molecule has 2 aliphatic rings. The second-order valence-electron chi connectivity index (χ2n) is 6.09. The van der Waals surface area contributed by atoms with E-state index in [4.69, 9.17) is 0 Å². The second kappa shape index (κ2) is 6.75. The highest BCUT2D eigenvalue weighted by Gasteiger charge is 2.24. The molecule has 1 aliphatic heterocycles. The van der Waals surface area contributed by atoms with Gasteiger partial charge in [0.15, 0.2) is 0 Å². The number of likely N-dealkylation sites (N-methyl/N-ethyl adjacent to an activating group) is 1. The number of likely N-dealkylation sites (tertiary alicyclic amines) is 1. The van der Waals surface area contributed by atoms with Gasteiger partial charge < -0.3 is 10.2 Å². The maximum Gasteiger partial charge on any atom is 0.0198 e. The normalized spacial score (nSPS) is 30.4. The lowest BCUT2D eigenvalue weighted by atomic mass is 9.84. The van der Waals surface area contributed by atoms with Crippen LogP contribution in [0, 0.1) is 5.92 Å². The van der Waals surface area contributed by atoms with Gasteiger partial charge >= 0.3 is 0 Å². The smallest absolute Gasteiger partial charge is 0.0198 e. The fourth-order valence-electron chi connectivity index (χ4n) is 3.62. The minimum atomic E-state index is 0.733. The van der Waals surface area contributed by atoms with E-state index in [0.717, 1.165) is 18.0 Å². The molecule has 0 spiro atoms. The van der Waals surface area contributed by atoms with E-state index in [-0.39, 0.29) is 0 Å². The molecule has 1 saturated heterocycles. The third kappa shape index (κ3) is 3.96. The van der Waals surface area contributed by atoms with Crippen LogP contribution in [0.1, 0.15) is 58.8 Å². The fourth-order valence-corrected chi connectivity index (χ4v) is 3.62. The molecule has 0 aromatic rings. The molecule has 17 heavy (non-hydrogen) atoms. The average molecular weight is 238 g/mol. The Morgan fingerprint density at radius 3 is 2.59 bits per heavy atom. The highest BCUT2D eigenvalue weighted by molar-refractivity contribution is 4.83. The van der Waals surface area contributed by atoms with Crippen molar-refractivity contribution in [3.63, 3.8) is 0 Å². The molecule has 1 heterocycles. The zero-order valence-electron chi connectivity index (χ0n) is 11.8. The number of nitrogens with one attached hydrogen (secondary N) is 1. The van der Waals surface area contributed by atoms with Gasteiger partial charge in [-0.25, -0.2) is 0 Å². The molecule has 0 bridgehead atoms. The monoisotopic (exact) mass is 238 g/mol. The van der Waals surface area contributed by atoms with Crippen molar-refractivity contribution >= 4 is 0 Å². The summed E-state index contributed by atoms with van der Waals surface area (Å²) in [6, 6.07) is 1.48. The largest absolute Gasteiger partial charge is 0.310 e. The third-order valence-electron chi connectivity index (χ3n) is 4.81. The van der Waals surface area contributed by atoms with Crippen molar-refractivity contribution < 1.29 is 0 Å². The zero-order chi connectivity index (χ0) is 12.1. The van der Waals surface area contributed by atoms with Crippen molar-refractivity contribution in [2.75, 3.05) is 19.6 Å². The van der Waals surface area contributed by atoms with Crippen LogP contribution >= 0.6 is 0 Å². The standard InChI is InChI=1S/C15H30N2/c1-3-17-11-7-10-15(12-17)16-13(2)14-8-5-4-6-9-14/h13-16H,3-12H2,1-2H3. The van der Waals surface area contributed by atoms with Crippen molar-refractivity contribution in [3.05, 3.63) is 0 Å². The summed E-state index contributed by atoms with van der Waals surface area (Å²) in [5.74, 6) is 0.945. The summed E-state index contributed by atoms with van der Waals surface area (Å²) < 4.78 is 0. The van der Waals surface area contributed by atoms with Crippen molar-refractivity contribution in [2.24, 2.45) is 5.92 Å². The summed E-state index contributed by atoms with van der Waals surface area (Å²) in [6.45, 7) is 8.50. The quantitative estimate of drug-likeness (QED) is 0.810. The first-order chi connectivity index (χ1) is 8.29. The van der Waals surface area contributed by atoms with E-state index in [1.807, 2.05) is 0 Å². The molecule has 1 N–H and O–H groups in total.